The highest BCUT2D eigenvalue weighted by Gasteiger charge is 1.95. The van der Waals surface area contributed by atoms with Crippen LogP contribution in [0.3, 0.4) is 0 Å². The van der Waals surface area contributed by atoms with E-state index in [9.17, 15) is 4.79 Å². The van der Waals surface area contributed by atoms with Gasteiger partial charge in [-0.15, -0.1) is 0 Å². The first kappa shape index (κ1) is 8.69. The molecule has 0 aromatic carbocycles. The SMILES string of the molecule is O=c1cc[nH]c(Cc2cccnc2)c1. The standard InChI is InChI=1S/C11H10N2O/c14-11-3-5-13-10(7-11)6-9-2-1-4-12-8-9/h1-5,7-8H,6H2,(H,13,14). The lowest BCUT2D eigenvalue weighted by Gasteiger charge is -1.99. The number of rotatable bonds is 2. The van der Waals surface area contributed by atoms with Crippen LogP contribution in [-0.2, 0) is 6.42 Å². The molecule has 3 nitrogen and oxygen atoms in total. The number of nitrogens with one attached hydrogen (secondary N) is 1. The second-order valence-corrected chi connectivity index (χ2v) is 3.09. The zero-order chi connectivity index (χ0) is 9.80. The van der Waals surface area contributed by atoms with Crippen LogP contribution in [0.5, 0.6) is 0 Å². The van der Waals surface area contributed by atoms with Crippen molar-refractivity contribution >= 4 is 0 Å². The minimum absolute atomic E-state index is 0.0302. The Hall–Kier alpha value is -1.90. The zero-order valence-electron chi connectivity index (χ0n) is 7.60. The molecule has 0 amide bonds. The summed E-state index contributed by atoms with van der Waals surface area (Å²) in [7, 11) is 0. The average Bonchev–Trinajstić information content (AvgIpc) is 2.19. The highest BCUT2D eigenvalue weighted by atomic mass is 16.1. The van der Waals surface area contributed by atoms with Crippen LogP contribution < -0.4 is 5.43 Å². The molecule has 0 spiro atoms. The van der Waals surface area contributed by atoms with Gasteiger partial charge in [-0.3, -0.25) is 9.78 Å². The fourth-order valence-electron chi connectivity index (χ4n) is 1.32. The lowest BCUT2D eigenvalue weighted by Crippen LogP contribution is -2.01. The van der Waals surface area contributed by atoms with Crippen molar-refractivity contribution in [1.29, 1.82) is 0 Å². The van der Waals surface area contributed by atoms with Crippen molar-refractivity contribution in [2.75, 3.05) is 0 Å². The average molecular weight is 186 g/mol. The predicted molar refractivity (Wildman–Crippen MR) is 54.1 cm³/mol. The molecule has 0 fully saturated rings. The van der Waals surface area contributed by atoms with Gasteiger partial charge in [0.2, 0.25) is 0 Å². The van der Waals surface area contributed by atoms with E-state index < -0.39 is 0 Å². The van der Waals surface area contributed by atoms with Crippen LogP contribution in [0, 0.1) is 0 Å². The second-order valence-electron chi connectivity index (χ2n) is 3.09. The molecule has 0 aliphatic rings. The van der Waals surface area contributed by atoms with Gasteiger partial charge in [-0.25, -0.2) is 0 Å². The number of nitrogens with zero attached hydrogens (tertiary/aromatic N) is 1. The van der Waals surface area contributed by atoms with Crippen molar-refractivity contribution in [3.05, 3.63) is 64.3 Å². The zero-order valence-corrected chi connectivity index (χ0v) is 7.60. The fraction of sp³-hybridized carbons (Fsp3) is 0.0909. The van der Waals surface area contributed by atoms with E-state index in [1.165, 1.54) is 6.07 Å². The van der Waals surface area contributed by atoms with Gasteiger partial charge in [0, 0.05) is 42.8 Å². The molecule has 2 heterocycles. The van der Waals surface area contributed by atoms with Gasteiger partial charge in [0.1, 0.15) is 0 Å². The number of H-pyrrole nitrogens is 1. The lowest BCUT2D eigenvalue weighted by atomic mass is 10.1. The molecule has 0 bridgehead atoms. The van der Waals surface area contributed by atoms with Crippen molar-refractivity contribution in [3.8, 4) is 0 Å². The van der Waals surface area contributed by atoms with Crippen LogP contribution in [0.1, 0.15) is 11.3 Å². The Kier molecular flexibility index (Phi) is 2.40. The second kappa shape index (κ2) is 3.87. The summed E-state index contributed by atoms with van der Waals surface area (Å²) in [5.74, 6) is 0. The summed E-state index contributed by atoms with van der Waals surface area (Å²) >= 11 is 0. The molecule has 2 aromatic heterocycles. The summed E-state index contributed by atoms with van der Waals surface area (Å²) in [5, 5.41) is 0. The third-order valence-electron chi connectivity index (χ3n) is 1.95. The number of hydrogen-bond acceptors (Lipinski definition) is 2. The Bertz CT molecular complexity index is 462. The molecule has 0 aliphatic carbocycles. The Morgan fingerprint density at radius 3 is 3.00 bits per heavy atom. The molecule has 0 unspecified atom stereocenters. The van der Waals surface area contributed by atoms with E-state index in [1.807, 2.05) is 12.1 Å². The minimum atomic E-state index is 0.0302. The molecular weight excluding hydrogens is 176 g/mol. The molecular formula is C11H10N2O. The first-order valence-corrected chi connectivity index (χ1v) is 4.41. The summed E-state index contributed by atoms with van der Waals surface area (Å²) in [4.78, 5) is 18.1. The maximum atomic E-state index is 11.0. The van der Waals surface area contributed by atoms with Gasteiger partial charge >= 0.3 is 0 Å². The smallest absolute Gasteiger partial charge is 0.181 e. The topological polar surface area (TPSA) is 45.8 Å². The quantitative estimate of drug-likeness (QED) is 0.769. The number of hydrogen-bond donors (Lipinski definition) is 1. The highest BCUT2D eigenvalue weighted by molar-refractivity contribution is 5.17. The third-order valence-corrected chi connectivity index (χ3v) is 1.95. The van der Waals surface area contributed by atoms with Crippen LogP contribution >= 0.6 is 0 Å². The number of aromatic nitrogens is 2. The Morgan fingerprint density at radius 1 is 1.36 bits per heavy atom. The van der Waals surface area contributed by atoms with Crippen molar-refractivity contribution in [1.82, 2.24) is 9.97 Å². The Balaban J connectivity index is 2.24. The van der Waals surface area contributed by atoms with E-state index in [-0.39, 0.29) is 5.43 Å². The van der Waals surface area contributed by atoms with Crippen LogP contribution in [0.25, 0.3) is 0 Å². The van der Waals surface area contributed by atoms with Gasteiger partial charge in [0.05, 0.1) is 0 Å². The van der Waals surface area contributed by atoms with E-state index in [4.69, 9.17) is 0 Å². The molecule has 0 aliphatic heterocycles. The maximum Gasteiger partial charge on any atom is 0.181 e. The molecule has 2 aromatic rings. The Morgan fingerprint density at radius 2 is 2.29 bits per heavy atom. The van der Waals surface area contributed by atoms with Crippen LogP contribution in [0.4, 0.5) is 0 Å². The molecule has 0 radical (unpaired) electrons. The van der Waals surface area contributed by atoms with Crippen LogP contribution in [-0.4, -0.2) is 9.97 Å². The van der Waals surface area contributed by atoms with Gasteiger partial charge in [-0.05, 0) is 11.6 Å². The van der Waals surface area contributed by atoms with Crippen molar-refractivity contribution in [2.24, 2.45) is 0 Å². The summed E-state index contributed by atoms with van der Waals surface area (Å²) < 4.78 is 0. The van der Waals surface area contributed by atoms with E-state index >= 15 is 0 Å². The molecule has 0 atom stereocenters. The molecule has 0 saturated heterocycles. The van der Waals surface area contributed by atoms with Crippen LogP contribution in [0.15, 0.2) is 47.7 Å². The maximum absolute atomic E-state index is 11.0. The van der Waals surface area contributed by atoms with Crippen LogP contribution in [0.2, 0.25) is 0 Å². The summed E-state index contributed by atoms with van der Waals surface area (Å²) in [6.07, 6.45) is 5.90. The van der Waals surface area contributed by atoms with E-state index in [0.29, 0.717) is 6.42 Å². The monoisotopic (exact) mass is 186 g/mol. The number of aromatic amines is 1. The minimum Gasteiger partial charge on any atom is -0.364 e. The van der Waals surface area contributed by atoms with Crippen molar-refractivity contribution in [2.45, 2.75) is 6.42 Å². The molecule has 0 saturated carbocycles. The summed E-state index contributed by atoms with van der Waals surface area (Å²) in [5.41, 5.74) is 2.03. The number of pyridine rings is 2. The van der Waals surface area contributed by atoms with E-state index in [0.717, 1.165) is 11.3 Å². The fourth-order valence-corrected chi connectivity index (χ4v) is 1.32. The summed E-state index contributed by atoms with van der Waals surface area (Å²) in [6, 6.07) is 6.98. The first-order chi connectivity index (χ1) is 6.84. The van der Waals surface area contributed by atoms with E-state index in [1.54, 1.807) is 24.7 Å². The molecule has 70 valence electrons. The first-order valence-electron chi connectivity index (χ1n) is 4.41. The Labute approximate surface area is 81.5 Å². The van der Waals surface area contributed by atoms with E-state index in [2.05, 4.69) is 9.97 Å². The molecule has 3 heteroatoms. The largest absolute Gasteiger partial charge is 0.364 e. The molecule has 14 heavy (non-hydrogen) atoms. The van der Waals surface area contributed by atoms with Gasteiger partial charge < -0.3 is 4.98 Å². The lowest BCUT2D eigenvalue weighted by molar-refractivity contribution is 1.05. The van der Waals surface area contributed by atoms with Gasteiger partial charge in [-0.1, -0.05) is 6.07 Å². The van der Waals surface area contributed by atoms with Gasteiger partial charge in [0.15, 0.2) is 5.43 Å². The van der Waals surface area contributed by atoms with Crippen molar-refractivity contribution in [3.63, 3.8) is 0 Å². The molecule has 1 N–H and O–H groups in total. The van der Waals surface area contributed by atoms with Crippen molar-refractivity contribution < 1.29 is 0 Å². The highest BCUT2D eigenvalue weighted by Crippen LogP contribution is 2.02. The third kappa shape index (κ3) is 2.07. The summed E-state index contributed by atoms with van der Waals surface area (Å²) in [6.45, 7) is 0. The van der Waals surface area contributed by atoms with Gasteiger partial charge in [0.25, 0.3) is 0 Å². The van der Waals surface area contributed by atoms with Gasteiger partial charge in [-0.2, -0.15) is 0 Å². The normalized spacial score (nSPS) is 10.0. The predicted octanol–water partition coefficient (Wildman–Crippen LogP) is 1.36. The molecule has 2 rings (SSSR count).